The molecule has 0 aliphatic carbocycles. The molecular weight excluding hydrogens is 318 g/mol. The van der Waals surface area contributed by atoms with Crippen LogP contribution in [0.3, 0.4) is 0 Å². The fraction of sp³-hybridized carbons (Fsp3) is 0.211. The molecule has 128 valence electrons. The SMILES string of the molecule is O=C1CC[C@@H](NCc2ccccc2C(=O)Nc2ccccc2)C(=O)N1. The number of carbonyl (C=O) groups excluding carboxylic acids is 3. The zero-order valence-electron chi connectivity index (χ0n) is 13.6. The highest BCUT2D eigenvalue weighted by Gasteiger charge is 2.26. The van der Waals surface area contributed by atoms with Gasteiger partial charge in [0.2, 0.25) is 11.8 Å². The number of imide groups is 1. The molecule has 1 atom stereocenters. The maximum Gasteiger partial charge on any atom is 0.255 e. The summed E-state index contributed by atoms with van der Waals surface area (Å²) in [5.41, 5.74) is 2.06. The van der Waals surface area contributed by atoms with E-state index < -0.39 is 6.04 Å². The molecule has 1 fully saturated rings. The molecule has 0 unspecified atom stereocenters. The number of rotatable bonds is 5. The lowest BCUT2D eigenvalue weighted by molar-refractivity contribution is -0.134. The highest BCUT2D eigenvalue weighted by Crippen LogP contribution is 2.14. The van der Waals surface area contributed by atoms with Crippen molar-refractivity contribution in [1.29, 1.82) is 0 Å². The Hall–Kier alpha value is -2.99. The average molecular weight is 337 g/mol. The van der Waals surface area contributed by atoms with E-state index in [2.05, 4.69) is 16.0 Å². The van der Waals surface area contributed by atoms with Crippen molar-refractivity contribution in [2.24, 2.45) is 0 Å². The molecule has 0 radical (unpaired) electrons. The predicted octanol–water partition coefficient (Wildman–Crippen LogP) is 1.83. The Morgan fingerprint density at radius 3 is 2.52 bits per heavy atom. The molecule has 2 aromatic rings. The monoisotopic (exact) mass is 337 g/mol. The van der Waals surface area contributed by atoms with Crippen LogP contribution >= 0.6 is 0 Å². The fourth-order valence-electron chi connectivity index (χ4n) is 2.74. The Balaban J connectivity index is 1.67. The molecule has 3 rings (SSSR count). The first-order valence-corrected chi connectivity index (χ1v) is 8.15. The van der Waals surface area contributed by atoms with Crippen molar-refractivity contribution in [1.82, 2.24) is 10.6 Å². The number of para-hydroxylation sites is 1. The molecule has 0 aromatic heterocycles. The molecule has 3 N–H and O–H groups in total. The number of hydrogen-bond donors (Lipinski definition) is 3. The molecule has 2 aromatic carbocycles. The van der Waals surface area contributed by atoms with Gasteiger partial charge in [-0.3, -0.25) is 19.7 Å². The lowest BCUT2D eigenvalue weighted by atomic mass is 10.0. The first-order valence-electron chi connectivity index (χ1n) is 8.15. The van der Waals surface area contributed by atoms with E-state index >= 15 is 0 Å². The van der Waals surface area contributed by atoms with Crippen molar-refractivity contribution in [3.63, 3.8) is 0 Å². The summed E-state index contributed by atoms with van der Waals surface area (Å²) in [6, 6.07) is 16.0. The van der Waals surface area contributed by atoms with Crippen LogP contribution < -0.4 is 16.0 Å². The van der Waals surface area contributed by atoms with Crippen molar-refractivity contribution >= 4 is 23.4 Å². The largest absolute Gasteiger partial charge is 0.322 e. The minimum atomic E-state index is -0.428. The van der Waals surface area contributed by atoms with Crippen LogP contribution in [0.4, 0.5) is 5.69 Å². The van der Waals surface area contributed by atoms with Gasteiger partial charge in [-0.15, -0.1) is 0 Å². The molecule has 1 heterocycles. The number of hydrogen-bond acceptors (Lipinski definition) is 4. The topological polar surface area (TPSA) is 87.3 Å². The fourth-order valence-corrected chi connectivity index (χ4v) is 2.74. The van der Waals surface area contributed by atoms with Crippen molar-refractivity contribution < 1.29 is 14.4 Å². The molecule has 25 heavy (non-hydrogen) atoms. The van der Waals surface area contributed by atoms with E-state index in [0.29, 0.717) is 24.9 Å². The molecule has 6 heteroatoms. The summed E-state index contributed by atoms with van der Waals surface area (Å²) in [4.78, 5) is 35.5. The Bertz CT molecular complexity index is 790. The maximum atomic E-state index is 12.5. The Morgan fingerprint density at radius 2 is 1.76 bits per heavy atom. The van der Waals surface area contributed by atoms with Gasteiger partial charge in [0.05, 0.1) is 6.04 Å². The number of carbonyl (C=O) groups is 3. The highest BCUT2D eigenvalue weighted by molar-refractivity contribution is 6.05. The number of nitrogens with one attached hydrogen (secondary N) is 3. The third kappa shape index (κ3) is 4.30. The lowest BCUT2D eigenvalue weighted by Gasteiger charge is -2.22. The van der Waals surface area contributed by atoms with Gasteiger partial charge in [0.1, 0.15) is 0 Å². The quantitative estimate of drug-likeness (QED) is 0.727. The summed E-state index contributed by atoms with van der Waals surface area (Å²) in [6.07, 6.45) is 0.780. The third-order valence-corrected chi connectivity index (χ3v) is 4.07. The minimum absolute atomic E-state index is 0.202. The lowest BCUT2D eigenvalue weighted by Crippen LogP contribution is -2.50. The van der Waals surface area contributed by atoms with Crippen molar-refractivity contribution in [2.45, 2.75) is 25.4 Å². The van der Waals surface area contributed by atoms with Gasteiger partial charge in [-0.1, -0.05) is 36.4 Å². The van der Waals surface area contributed by atoms with Crippen LogP contribution in [0.5, 0.6) is 0 Å². The molecular formula is C19H19N3O3. The molecule has 0 bridgehead atoms. The number of piperidine rings is 1. The molecule has 3 amide bonds. The van der Waals surface area contributed by atoms with Crippen LogP contribution in [0.2, 0.25) is 0 Å². The van der Waals surface area contributed by atoms with Gasteiger partial charge in [-0.25, -0.2) is 0 Å². The zero-order chi connectivity index (χ0) is 17.6. The molecule has 1 aliphatic heterocycles. The summed E-state index contributed by atoms with van der Waals surface area (Å²) in [7, 11) is 0. The minimum Gasteiger partial charge on any atom is -0.322 e. The van der Waals surface area contributed by atoms with Gasteiger partial charge in [-0.05, 0) is 30.2 Å². The first-order chi connectivity index (χ1) is 12.1. The maximum absolute atomic E-state index is 12.5. The predicted molar refractivity (Wildman–Crippen MR) is 93.8 cm³/mol. The van der Waals surface area contributed by atoms with E-state index in [1.807, 2.05) is 42.5 Å². The smallest absolute Gasteiger partial charge is 0.255 e. The van der Waals surface area contributed by atoms with Gasteiger partial charge in [0.25, 0.3) is 5.91 Å². The second-order valence-corrected chi connectivity index (χ2v) is 5.86. The zero-order valence-corrected chi connectivity index (χ0v) is 13.6. The van der Waals surface area contributed by atoms with E-state index in [1.54, 1.807) is 12.1 Å². The van der Waals surface area contributed by atoms with Crippen LogP contribution in [-0.4, -0.2) is 23.8 Å². The Kier molecular flexibility index (Phi) is 5.20. The summed E-state index contributed by atoms with van der Waals surface area (Å²) < 4.78 is 0. The molecule has 0 saturated carbocycles. The van der Waals surface area contributed by atoms with Crippen LogP contribution in [0.25, 0.3) is 0 Å². The number of amides is 3. The number of benzene rings is 2. The van der Waals surface area contributed by atoms with Gasteiger partial charge in [0, 0.05) is 24.2 Å². The van der Waals surface area contributed by atoms with E-state index in [1.165, 1.54) is 0 Å². The van der Waals surface area contributed by atoms with Crippen LogP contribution in [0, 0.1) is 0 Å². The molecule has 6 nitrogen and oxygen atoms in total. The van der Waals surface area contributed by atoms with E-state index in [0.717, 1.165) is 11.3 Å². The second-order valence-electron chi connectivity index (χ2n) is 5.86. The van der Waals surface area contributed by atoms with E-state index in [4.69, 9.17) is 0 Å². The van der Waals surface area contributed by atoms with Crippen molar-refractivity contribution in [2.75, 3.05) is 5.32 Å². The van der Waals surface area contributed by atoms with Crippen molar-refractivity contribution in [3.8, 4) is 0 Å². The average Bonchev–Trinajstić information content (AvgIpc) is 2.62. The normalized spacial score (nSPS) is 17.0. The number of anilines is 1. The van der Waals surface area contributed by atoms with Gasteiger partial charge < -0.3 is 10.6 Å². The highest BCUT2D eigenvalue weighted by atomic mass is 16.2. The van der Waals surface area contributed by atoms with Gasteiger partial charge in [-0.2, -0.15) is 0 Å². The summed E-state index contributed by atoms with van der Waals surface area (Å²) >= 11 is 0. The summed E-state index contributed by atoms with van der Waals surface area (Å²) in [5, 5.41) is 8.30. The third-order valence-electron chi connectivity index (χ3n) is 4.07. The molecule has 0 spiro atoms. The van der Waals surface area contributed by atoms with Gasteiger partial charge in [0.15, 0.2) is 0 Å². The van der Waals surface area contributed by atoms with Crippen molar-refractivity contribution in [3.05, 3.63) is 65.7 Å². The van der Waals surface area contributed by atoms with E-state index in [-0.39, 0.29) is 17.7 Å². The van der Waals surface area contributed by atoms with Crippen LogP contribution in [-0.2, 0) is 16.1 Å². The Labute approximate surface area is 145 Å². The summed E-state index contributed by atoms with van der Waals surface area (Å²) in [6.45, 7) is 0.366. The molecule has 1 aliphatic rings. The van der Waals surface area contributed by atoms with Gasteiger partial charge >= 0.3 is 0 Å². The van der Waals surface area contributed by atoms with E-state index in [9.17, 15) is 14.4 Å². The standard InChI is InChI=1S/C19H19N3O3/c23-17-11-10-16(19(25)22-17)20-12-13-6-4-5-9-15(13)18(24)21-14-7-2-1-3-8-14/h1-9,16,20H,10-12H2,(H,21,24)(H,22,23,25)/t16-/m1/s1. The summed E-state index contributed by atoms with van der Waals surface area (Å²) in [5.74, 6) is -0.764. The Morgan fingerprint density at radius 1 is 1.04 bits per heavy atom. The second kappa shape index (κ2) is 7.72. The first kappa shape index (κ1) is 16.9. The molecule has 1 saturated heterocycles. The van der Waals surface area contributed by atoms with Crippen LogP contribution in [0.15, 0.2) is 54.6 Å². The van der Waals surface area contributed by atoms with Crippen LogP contribution in [0.1, 0.15) is 28.8 Å².